The summed E-state index contributed by atoms with van der Waals surface area (Å²) in [5.41, 5.74) is 1.19. The molecule has 0 N–H and O–H groups in total. The van der Waals surface area contributed by atoms with Gasteiger partial charge in [0.2, 0.25) is 0 Å². The van der Waals surface area contributed by atoms with Crippen molar-refractivity contribution in [1.82, 2.24) is 20.2 Å². The fourth-order valence-electron chi connectivity index (χ4n) is 2.56. The van der Waals surface area contributed by atoms with Gasteiger partial charge in [0.25, 0.3) is 0 Å². The molecule has 0 saturated heterocycles. The second kappa shape index (κ2) is 6.01. The number of ether oxygens (including phenoxy) is 2. The molecular weight excluding hydrogens is 272 g/mol. The Kier molecular flexibility index (Phi) is 3.92. The quantitative estimate of drug-likeness (QED) is 0.791. The molecule has 1 aliphatic carbocycles. The summed E-state index contributed by atoms with van der Waals surface area (Å²) in [6.07, 6.45) is 4.09. The maximum Gasteiger partial charge on any atom is 0.338 e. The molecule has 0 amide bonds. The Balaban J connectivity index is 1.74. The van der Waals surface area contributed by atoms with Crippen LogP contribution in [0.25, 0.3) is 5.69 Å². The van der Waals surface area contributed by atoms with E-state index in [1.54, 1.807) is 25.3 Å². The number of carbonyl (C=O) groups is 1. The number of hydrogen-bond acceptors (Lipinski definition) is 6. The molecule has 3 rings (SSSR count). The van der Waals surface area contributed by atoms with Gasteiger partial charge >= 0.3 is 5.97 Å². The molecule has 21 heavy (non-hydrogen) atoms. The largest absolute Gasteiger partial charge is 0.456 e. The molecule has 0 bridgehead atoms. The van der Waals surface area contributed by atoms with E-state index in [0.29, 0.717) is 11.3 Å². The van der Waals surface area contributed by atoms with Crippen LogP contribution in [-0.2, 0) is 9.47 Å². The highest BCUT2D eigenvalue weighted by Crippen LogP contribution is 2.25. The normalized spacial score (nSPS) is 21.4. The number of benzene rings is 1. The number of rotatable bonds is 4. The Morgan fingerprint density at radius 3 is 2.95 bits per heavy atom. The lowest BCUT2D eigenvalue weighted by molar-refractivity contribution is -0.0206. The topological polar surface area (TPSA) is 79.1 Å². The molecular formula is C14H16N4O3. The van der Waals surface area contributed by atoms with Crippen molar-refractivity contribution < 1.29 is 14.3 Å². The van der Waals surface area contributed by atoms with Gasteiger partial charge in [-0.05, 0) is 47.9 Å². The van der Waals surface area contributed by atoms with Gasteiger partial charge in [-0.15, -0.1) is 5.10 Å². The van der Waals surface area contributed by atoms with Crippen LogP contribution in [-0.4, -0.2) is 45.5 Å². The van der Waals surface area contributed by atoms with Gasteiger partial charge in [-0.3, -0.25) is 0 Å². The maximum atomic E-state index is 12.2. The molecule has 0 radical (unpaired) electrons. The molecule has 1 aromatic carbocycles. The van der Waals surface area contributed by atoms with Crippen LogP contribution in [0.2, 0.25) is 0 Å². The Bertz CT molecular complexity index is 614. The smallest absolute Gasteiger partial charge is 0.338 e. The number of nitrogens with zero attached hydrogens (tertiary/aromatic N) is 4. The van der Waals surface area contributed by atoms with E-state index < -0.39 is 0 Å². The highest BCUT2D eigenvalue weighted by Gasteiger charge is 2.30. The molecule has 1 heterocycles. The van der Waals surface area contributed by atoms with E-state index in [4.69, 9.17) is 9.47 Å². The Morgan fingerprint density at radius 2 is 2.19 bits per heavy atom. The third-order valence-corrected chi connectivity index (χ3v) is 3.65. The van der Waals surface area contributed by atoms with Crippen LogP contribution in [0.1, 0.15) is 29.6 Å². The van der Waals surface area contributed by atoms with Crippen molar-refractivity contribution in [2.45, 2.75) is 31.5 Å². The highest BCUT2D eigenvalue weighted by molar-refractivity contribution is 5.90. The molecule has 0 aliphatic heterocycles. The lowest BCUT2D eigenvalue weighted by Crippen LogP contribution is -2.27. The predicted octanol–water partition coefficient (Wildman–Crippen LogP) is 1.39. The second-order valence-corrected chi connectivity index (χ2v) is 4.95. The summed E-state index contributed by atoms with van der Waals surface area (Å²) in [6, 6.07) is 7.01. The molecule has 0 spiro atoms. The van der Waals surface area contributed by atoms with E-state index in [9.17, 15) is 4.79 Å². The molecule has 110 valence electrons. The number of tetrazole rings is 1. The summed E-state index contributed by atoms with van der Waals surface area (Å²) in [6.45, 7) is 0. The monoisotopic (exact) mass is 288 g/mol. The first-order chi connectivity index (χ1) is 10.3. The van der Waals surface area contributed by atoms with Crippen molar-refractivity contribution in [1.29, 1.82) is 0 Å². The third kappa shape index (κ3) is 2.92. The standard InChI is InChI=1S/C14H16N4O3/c1-20-12-6-3-7-13(12)21-14(19)10-4-2-5-11(8-10)18-9-15-16-17-18/h2,4-5,8-9,12-13H,3,6-7H2,1H3/t12-,13-/m0/s1. The fourth-order valence-corrected chi connectivity index (χ4v) is 2.56. The summed E-state index contributed by atoms with van der Waals surface area (Å²) in [7, 11) is 1.65. The Labute approximate surface area is 121 Å². The van der Waals surface area contributed by atoms with Gasteiger partial charge in [-0.25, -0.2) is 9.48 Å². The van der Waals surface area contributed by atoms with Gasteiger partial charge < -0.3 is 9.47 Å². The van der Waals surface area contributed by atoms with E-state index >= 15 is 0 Å². The average molecular weight is 288 g/mol. The minimum absolute atomic E-state index is 0.00310. The van der Waals surface area contributed by atoms with E-state index in [1.165, 1.54) is 11.0 Å². The average Bonchev–Trinajstić information content (AvgIpc) is 3.18. The number of hydrogen-bond donors (Lipinski definition) is 0. The summed E-state index contributed by atoms with van der Waals surface area (Å²) < 4.78 is 12.4. The predicted molar refractivity (Wildman–Crippen MR) is 73.0 cm³/mol. The summed E-state index contributed by atoms with van der Waals surface area (Å²) in [5, 5.41) is 11.0. The van der Waals surface area contributed by atoms with Gasteiger partial charge in [-0.2, -0.15) is 0 Å². The lowest BCUT2D eigenvalue weighted by atomic mass is 10.2. The maximum absolute atomic E-state index is 12.2. The minimum Gasteiger partial charge on any atom is -0.456 e. The first-order valence-electron chi connectivity index (χ1n) is 6.85. The number of methoxy groups -OCH3 is 1. The zero-order valence-electron chi connectivity index (χ0n) is 11.7. The van der Waals surface area contributed by atoms with Crippen LogP contribution >= 0.6 is 0 Å². The summed E-state index contributed by atoms with van der Waals surface area (Å²) in [5.74, 6) is -0.348. The molecule has 1 fully saturated rings. The SMILES string of the molecule is CO[C@H]1CCC[C@@H]1OC(=O)c1cccc(-n2cnnn2)c1. The first kappa shape index (κ1) is 13.7. The molecule has 2 atom stereocenters. The Hall–Kier alpha value is -2.28. The van der Waals surface area contributed by atoms with E-state index in [-0.39, 0.29) is 18.2 Å². The van der Waals surface area contributed by atoms with Gasteiger partial charge in [0.1, 0.15) is 12.4 Å². The molecule has 1 aromatic heterocycles. The van der Waals surface area contributed by atoms with Gasteiger partial charge in [0.15, 0.2) is 0 Å². The number of esters is 1. The van der Waals surface area contributed by atoms with E-state index in [2.05, 4.69) is 15.5 Å². The molecule has 7 nitrogen and oxygen atoms in total. The molecule has 7 heteroatoms. The van der Waals surface area contributed by atoms with Crippen molar-refractivity contribution >= 4 is 5.97 Å². The van der Waals surface area contributed by atoms with Crippen LogP contribution in [0.4, 0.5) is 0 Å². The first-order valence-corrected chi connectivity index (χ1v) is 6.85. The van der Waals surface area contributed by atoms with Crippen LogP contribution in [0, 0.1) is 0 Å². The molecule has 2 aromatic rings. The van der Waals surface area contributed by atoms with Crippen molar-refractivity contribution in [2.75, 3.05) is 7.11 Å². The Morgan fingerprint density at radius 1 is 1.33 bits per heavy atom. The minimum atomic E-state index is -0.348. The van der Waals surface area contributed by atoms with Crippen molar-refractivity contribution in [3.05, 3.63) is 36.2 Å². The highest BCUT2D eigenvalue weighted by atomic mass is 16.6. The zero-order valence-corrected chi connectivity index (χ0v) is 11.7. The van der Waals surface area contributed by atoms with Crippen LogP contribution < -0.4 is 0 Å². The van der Waals surface area contributed by atoms with Crippen molar-refractivity contribution in [3.8, 4) is 5.69 Å². The van der Waals surface area contributed by atoms with Crippen molar-refractivity contribution in [2.24, 2.45) is 0 Å². The molecule has 1 aliphatic rings. The van der Waals surface area contributed by atoms with E-state index in [1.807, 2.05) is 6.07 Å². The molecule has 1 saturated carbocycles. The number of carbonyl (C=O) groups excluding carboxylic acids is 1. The fraction of sp³-hybridized carbons (Fsp3) is 0.429. The number of aromatic nitrogens is 4. The summed E-state index contributed by atoms with van der Waals surface area (Å²) in [4.78, 5) is 12.2. The van der Waals surface area contributed by atoms with Gasteiger partial charge in [0, 0.05) is 7.11 Å². The lowest BCUT2D eigenvalue weighted by Gasteiger charge is -2.18. The van der Waals surface area contributed by atoms with Gasteiger partial charge in [0.05, 0.1) is 17.4 Å². The third-order valence-electron chi connectivity index (χ3n) is 3.65. The summed E-state index contributed by atoms with van der Waals surface area (Å²) >= 11 is 0. The van der Waals surface area contributed by atoms with Crippen molar-refractivity contribution in [3.63, 3.8) is 0 Å². The van der Waals surface area contributed by atoms with E-state index in [0.717, 1.165) is 19.3 Å². The van der Waals surface area contributed by atoms with Crippen LogP contribution in [0.15, 0.2) is 30.6 Å². The van der Waals surface area contributed by atoms with Gasteiger partial charge in [-0.1, -0.05) is 6.07 Å². The van der Waals surface area contributed by atoms with Crippen LogP contribution in [0.3, 0.4) is 0 Å². The zero-order chi connectivity index (χ0) is 14.7. The molecule has 0 unspecified atom stereocenters. The second-order valence-electron chi connectivity index (χ2n) is 4.95. The van der Waals surface area contributed by atoms with Crippen LogP contribution in [0.5, 0.6) is 0 Å².